The fourth-order valence-corrected chi connectivity index (χ4v) is 4.55. The van der Waals surface area contributed by atoms with Crippen LogP contribution in [0.25, 0.3) is 0 Å². The number of methoxy groups -OCH3 is 1. The molecule has 0 fully saturated rings. The van der Waals surface area contributed by atoms with E-state index in [1.807, 2.05) is 23.9 Å². The maximum absolute atomic E-state index is 5.29. The van der Waals surface area contributed by atoms with Gasteiger partial charge in [0.05, 0.1) is 13.2 Å². The molecule has 140 valence electrons. The zero-order chi connectivity index (χ0) is 18.9. The minimum Gasteiger partial charge on any atom is -0.497 e. The van der Waals surface area contributed by atoms with Crippen molar-refractivity contribution >= 4 is 17.4 Å². The van der Waals surface area contributed by atoms with Gasteiger partial charge >= 0.3 is 0 Å². The van der Waals surface area contributed by atoms with Gasteiger partial charge < -0.3 is 10.1 Å². The highest BCUT2D eigenvalue weighted by Gasteiger charge is 2.23. The minimum atomic E-state index is 0.227. The Morgan fingerprint density at radius 2 is 1.48 bits per heavy atom. The average molecular weight is 378 g/mol. The molecule has 3 heteroatoms. The van der Waals surface area contributed by atoms with Crippen LogP contribution in [-0.2, 0) is 0 Å². The molecule has 0 saturated carbocycles. The molecule has 1 N–H and O–H groups in total. The molecule has 2 unspecified atom stereocenters. The lowest BCUT2D eigenvalue weighted by molar-refractivity contribution is 0.415. The van der Waals surface area contributed by atoms with Crippen LogP contribution in [0.5, 0.6) is 5.75 Å². The van der Waals surface area contributed by atoms with Gasteiger partial charge in [0.25, 0.3) is 0 Å². The van der Waals surface area contributed by atoms with Gasteiger partial charge in [-0.25, -0.2) is 0 Å². The number of rotatable bonds is 9. The van der Waals surface area contributed by atoms with Crippen LogP contribution in [0.2, 0.25) is 0 Å². The molecule has 0 heterocycles. The molecule has 0 aliphatic heterocycles. The molecule has 0 aromatic heterocycles. The van der Waals surface area contributed by atoms with Gasteiger partial charge in [0, 0.05) is 15.8 Å². The summed E-state index contributed by atoms with van der Waals surface area (Å²) in [5, 5.41) is 4.21. The van der Waals surface area contributed by atoms with Crippen molar-refractivity contribution in [2.45, 2.75) is 36.0 Å². The summed E-state index contributed by atoms with van der Waals surface area (Å²) >= 11 is 1.96. The molecule has 0 bridgehead atoms. The van der Waals surface area contributed by atoms with Crippen LogP contribution in [0.15, 0.2) is 89.8 Å². The van der Waals surface area contributed by atoms with Gasteiger partial charge in [0.2, 0.25) is 0 Å². The first-order valence-corrected chi connectivity index (χ1v) is 10.4. The van der Waals surface area contributed by atoms with Gasteiger partial charge in [-0.1, -0.05) is 61.9 Å². The summed E-state index contributed by atoms with van der Waals surface area (Å²) in [4.78, 5) is 1.31. The van der Waals surface area contributed by atoms with Crippen molar-refractivity contribution in [2.75, 3.05) is 12.4 Å². The van der Waals surface area contributed by atoms with Gasteiger partial charge in [0.1, 0.15) is 5.75 Å². The van der Waals surface area contributed by atoms with E-state index in [9.17, 15) is 0 Å². The lowest BCUT2D eigenvalue weighted by atomic mass is 10.00. The van der Waals surface area contributed by atoms with Gasteiger partial charge in [0.15, 0.2) is 0 Å². The molecule has 0 radical (unpaired) electrons. The van der Waals surface area contributed by atoms with Gasteiger partial charge in [-0.2, -0.15) is 0 Å². The second kappa shape index (κ2) is 10.1. The van der Waals surface area contributed by atoms with E-state index in [1.165, 1.54) is 10.5 Å². The van der Waals surface area contributed by atoms with Crippen LogP contribution in [0.4, 0.5) is 5.69 Å². The Hall–Kier alpha value is -2.39. The topological polar surface area (TPSA) is 21.3 Å². The van der Waals surface area contributed by atoms with Crippen LogP contribution in [0.3, 0.4) is 0 Å². The van der Waals surface area contributed by atoms with Crippen molar-refractivity contribution in [1.82, 2.24) is 0 Å². The lowest BCUT2D eigenvalue weighted by Gasteiger charge is -2.29. The third-order valence-corrected chi connectivity index (χ3v) is 5.90. The van der Waals surface area contributed by atoms with Gasteiger partial charge in [-0.05, 0) is 48.4 Å². The zero-order valence-electron chi connectivity index (χ0n) is 16.0. The predicted octanol–water partition coefficient (Wildman–Crippen LogP) is 6.81. The summed E-state index contributed by atoms with van der Waals surface area (Å²) in [5.74, 6) is 0.876. The zero-order valence-corrected chi connectivity index (χ0v) is 16.8. The average Bonchev–Trinajstić information content (AvgIpc) is 2.73. The second-order valence-corrected chi connectivity index (χ2v) is 7.83. The van der Waals surface area contributed by atoms with E-state index in [1.54, 1.807) is 7.11 Å². The first-order chi connectivity index (χ1) is 13.3. The van der Waals surface area contributed by atoms with E-state index in [0.29, 0.717) is 5.25 Å². The van der Waals surface area contributed by atoms with Gasteiger partial charge in [-0.3, -0.25) is 0 Å². The van der Waals surface area contributed by atoms with Crippen LogP contribution >= 0.6 is 11.8 Å². The monoisotopic (exact) mass is 377 g/mol. The van der Waals surface area contributed by atoms with Crippen molar-refractivity contribution in [2.24, 2.45) is 0 Å². The van der Waals surface area contributed by atoms with Crippen molar-refractivity contribution in [3.63, 3.8) is 0 Å². The summed E-state index contributed by atoms with van der Waals surface area (Å²) in [6.07, 6.45) is 2.29. The summed E-state index contributed by atoms with van der Waals surface area (Å²) in [7, 11) is 1.70. The maximum atomic E-state index is 5.29. The third kappa shape index (κ3) is 5.54. The molecule has 3 aromatic rings. The minimum absolute atomic E-state index is 0.227. The highest BCUT2D eigenvalue weighted by atomic mass is 32.2. The Morgan fingerprint density at radius 3 is 2.07 bits per heavy atom. The molecule has 3 aromatic carbocycles. The largest absolute Gasteiger partial charge is 0.497 e. The van der Waals surface area contributed by atoms with Crippen LogP contribution in [0.1, 0.15) is 31.4 Å². The summed E-state index contributed by atoms with van der Waals surface area (Å²) in [6, 6.07) is 29.8. The molecule has 0 spiro atoms. The molecule has 2 nitrogen and oxygen atoms in total. The van der Waals surface area contributed by atoms with Gasteiger partial charge in [-0.15, -0.1) is 11.8 Å². The highest BCUT2D eigenvalue weighted by molar-refractivity contribution is 8.00. The Labute approximate surface area is 167 Å². The molecule has 2 atom stereocenters. The molecule has 0 aliphatic rings. The first kappa shape index (κ1) is 19.4. The smallest absolute Gasteiger partial charge is 0.119 e. The van der Waals surface area contributed by atoms with E-state index in [4.69, 9.17) is 4.74 Å². The third-order valence-electron chi connectivity index (χ3n) is 4.55. The van der Waals surface area contributed by atoms with Crippen LogP contribution < -0.4 is 10.1 Å². The highest BCUT2D eigenvalue weighted by Crippen LogP contribution is 2.37. The normalized spacial score (nSPS) is 13.0. The van der Waals surface area contributed by atoms with Crippen molar-refractivity contribution in [3.8, 4) is 5.75 Å². The Balaban J connectivity index is 1.88. The Bertz CT molecular complexity index is 790. The van der Waals surface area contributed by atoms with Crippen LogP contribution in [-0.4, -0.2) is 12.4 Å². The summed E-state index contributed by atoms with van der Waals surface area (Å²) in [6.45, 7) is 2.26. The number of hydrogen-bond donors (Lipinski definition) is 1. The number of nitrogens with one attached hydrogen (secondary N) is 1. The number of anilines is 1. The molecular weight excluding hydrogens is 350 g/mol. The number of thioether (sulfide) groups is 1. The fourth-order valence-electron chi connectivity index (χ4n) is 3.17. The van der Waals surface area contributed by atoms with E-state index in [0.717, 1.165) is 24.3 Å². The summed E-state index contributed by atoms with van der Waals surface area (Å²) < 4.78 is 5.29. The standard InChI is InChI=1S/C24H27NOS/c1-3-10-23(27-22-13-8-5-9-14-22)24(19-11-6-4-7-12-19)25-20-15-17-21(26-2)18-16-20/h4-9,11-18,23-25H,3,10H2,1-2H3. The van der Waals surface area contributed by atoms with E-state index in [2.05, 4.69) is 85.0 Å². The SMILES string of the molecule is CCCC(Sc1ccccc1)C(Nc1ccc(OC)cc1)c1ccccc1. The van der Waals surface area contributed by atoms with Crippen molar-refractivity contribution < 1.29 is 4.74 Å². The quantitative estimate of drug-likeness (QED) is 0.414. The van der Waals surface area contributed by atoms with Crippen molar-refractivity contribution in [1.29, 1.82) is 0 Å². The Kier molecular flexibility index (Phi) is 7.23. The van der Waals surface area contributed by atoms with E-state index < -0.39 is 0 Å². The second-order valence-electron chi connectivity index (χ2n) is 6.52. The van der Waals surface area contributed by atoms with Crippen LogP contribution in [0, 0.1) is 0 Å². The van der Waals surface area contributed by atoms with E-state index >= 15 is 0 Å². The number of benzene rings is 3. The first-order valence-electron chi connectivity index (χ1n) is 9.47. The molecule has 0 aliphatic carbocycles. The molecule has 0 saturated heterocycles. The molecule has 3 rings (SSSR count). The molecular formula is C24H27NOS. The number of hydrogen-bond acceptors (Lipinski definition) is 3. The fraction of sp³-hybridized carbons (Fsp3) is 0.250. The molecule has 27 heavy (non-hydrogen) atoms. The van der Waals surface area contributed by atoms with E-state index in [-0.39, 0.29) is 6.04 Å². The van der Waals surface area contributed by atoms with Crippen molar-refractivity contribution in [3.05, 3.63) is 90.5 Å². The molecule has 0 amide bonds. The Morgan fingerprint density at radius 1 is 0.852 bits per heavy atom. The number of ether oxygens (including phenoxy) is 1. The predicted molar refractivity (Wildman–Crippen MR) is 117 cm³/mol. The lowest BCUT2D eigenvalue weighted by Crippen LogP contribution is -2.23. The maximum Gasteiger partial charge on any atom is 0.119 e. The summed E-state index contributed by atoms with van der Waals surface area (Å²) in [5.41, 5.74) is 2.43.